The molecule has 0 bridgehead atoms. The fourth-order valence-corrected chi connectivity index (χ4v) is 4.36. The highest BCUT2D eigenvalue weighted by Gasteiger charge is 2.20. The minimum absolute atomic E-state index is 0.433. The smallest absolute Gasteiger partial charge is 0.112 e. The Morgan fingerprint density at radius 2 is 2.18 bits per heavy atom. The molecule has 90 valence electrons. The van der Waals surface area contributed by atoms with Gasteiger partial charge < -0.3 is 5.32 Å². The maximum Gasteiger partial charge on any atom is 0.112 e. The summed E-state index contributed by atoms with van der Waals surface area (Å²) in [5.74, 6) is 3.16. The van der Waals surface area contributed by atoms with Crippen LogP contribution in [-0.4, -0.2) is 23.0 Å². The van der Waals surface area contributed by atoms with E-state index >= 15 is 0 Å². The maximum absolute atomic E-state index is 4.75. The molecule has 4 heteroatoms. The second kappa shape index (κ2) is 4.96. The molecule has 1 aromatic heterocycles. The van der Waals surface area contributed by atoms with Crippen molar-refractivity contribution >= 4 is 33.3 Å². The van der Waals surface area contributed by atoms with Crippen molar-refractivity contribution < 1.29 is 0 Å². The van der Waals surface area contributed by atoms with E-state index in [4.69, 9.17) is 4.98 Å². The lowest BCUT2D eigenvalue weighted by Gasteiger charge is -2.12. The van der Waals surface area contributed by atoms with E-state index in [0.717, 1.165) is 23.7 Å². The van der Waals surface area contributed by atoms with Crippen LogP contribution in [0, 0.1) is 5.92 Å². The maximum atomic E-state index is 4.75. The molecule has 2 aromatic rings. The molecule has 0 aliphatic carbocycles. The summed E-state index contributed by atoms with van der Waals surface area (Å²) in [6.45, 7) is 3.41. The normalized spacial score (nSPS) is 25.9. The first-order valence-electron chi connectivity index (χ1n) is 5.99. The summed E-state index contributed by atoms with van der Waals surface area (Å²) in [4.78, 5) is 4.75. The highest BCUT2D eigenvalue weighted by Crippen LogP contribution is 2.30. The third-order valence-electron chi connectivity index (χ3n) is 3.01. The van der Waals surface area contributed by atoms with Crippen molar-refractivity contribution in [3.63, 3.8) is 0 Å². The summed E-state index contributed by atoms with van der Waals surface area (Å²) in [6.07, 6.45) is 0. The molecule has 0 amide bonds. The SMILES string of the molecule is CC1CNC(c2nc3ccccc3s2)CSC1. The van der Waals surface area contributed by atoms with Gasteiger partial charge in [-0.05, 0) is 30.3 Å². The van der Waals surface area contributed by atoms with Gasteiger partial charge in [0.2, 0.25) is 0 Å². The zero-order chi connectivity index (χ0) is 11.7. The predicted octanol–water partition coefficient (Wildman–Crippen LogP) is 3.31. The van der Waals surface area contributed by atoms with Crippen LogP contribution in [0.1, 0.15) is 18.0 Å². The number of rotatable bonds is 1. The number of thiazole rings is 1. The van der Waals surface area contributed by atoms with Crippen molar-refractivity contribution in [2.75, 3.05) is 18.1 Å². The van der Waals surface area contributed by atoms with Gasteiger partial charge in [0.1, 0.15) is 5.01 Å². The lowest BCUT2D eigenvalue weighted by Crippen LogP contribution is -2.25. The van der Waals surface area contributed by atoms with Gasteiger partial charge in [-0.25, -0.2) is 4.98 Å². The van der Waals surface area contributed by atoms with Crippen LogP contribution in [0.5, 0.6) is 0 Å². The molecular weight excluding hydrogens is 248 g/mol. The van der Waals surface area contributed by atoms with Crippen LogP contribution >= 0.6 is 23.1 Å². The second-order valence-electron chi connectivity index (χ2n) is 4.62. The Morgan fingerprint density at radius 1 is 1.29 bits per heavy atom. The van der Waals surface area contributed by atoms with E-state index in [0.29, 0.717) is 6.04 Å². The standard InChI is InChI=1S/C13H16N2S2/c1-9-6-14-11(8-16-7-9)13-15-10-4-2-3-5-12(10)17-13/h2-5,9,11,14H,6-8H2,1H3. The number of fused-ring (bicyclic) bond motifs is 1. The Balaban J connectivity index is 1.87. The predicted molar refractivity (Wildman–Crippen MR) is 76.9 cm³/mol. The Hall–Kier alpha value is -0.580. The van der Waals surface area contributed by atoms with E-state index in [1.807, 2.05) is 23.1 Å². The quantitative estimate of drug-likeness (QED) is 0.855. The Morgan fingerprint density at radius 3 is 3.06 bits per heavy atom. The molecule has 3 rings (SSSR count). The molecule has 1 aliphatic heterocycles. The van der Waals surface area contributed by atoms with E-state index < -0.39 is 0 Å². The molecule has 1 N–H and O–H groups in total. The number of para-hydroxylation sites is 1. The summed E-state index contributed by atoms with van der Waals surface area (Å²) >= 11 is 3.87. The number of hydrogen-bond donors (Lipinski definition) is 1. The molecule has 2 nitrogen and oxygen atoms in total. The van der Waals surface area contributed by atoms with E-state index in [1.54, 1.807) is 0 Å². The van der Waals surface area contributed by atoms with E-state index in [1.165, 1.54) is 15.5 Å². The Bertz CT molecular complexity index is 476. The van der Waals surface area contributed by atoms with E-state index in [2.05, 4.69) is 36.5 Å². The average Bonchev–Trinajstić information content (AvgIpc) is 2.65. The molecule has 1 aliphatic rings. The summed E-state index contributed by atoms with van der Waals surface area (Å²) in [6, 6.07) is 8.83. The number of nitrogens with one attached hydrogen (secondary N) is 1. The van der Waals surface area contributed by atoms with Gasteiger partial charge in [0.05, 0.1) is 16.3 Å². The van der Waals surface area contributed by atoms with Gasteiger partial charge in [0.15, 0.2) is 0 Å². The summed E-state index contributed by atoms with van der Waals surface area (Å²) < 4.78 is 1.30. The average molecular weight is 264 g/mol. The molecule has 1 fully saturated rings. The van der Waals surface area contributed by atoms with Gasteiger partial charge in [-0.1, -0.05) is 19.1 Å². The first-order valence-corrected chi connectivity index (χ1v) is 7.96. The summed E-state index contributed by atoms with van der Waals surface area (Å²) in [5, 5.41) is 4.88. The first kappa shape index (κ1) is 11.5. The fraction of sp³-hybridized carbons (Fsp3) is 0.462. The van der Waals surface area contributed by atoms with Gasteiger partial charge in [-0.3, -0.25) is 0 Å². The zero-order valence-electron chi connectivity index (χ0n) is 9.85. The fourth-order valence-electron chi connectivity index (χ4n) is 2.05. The second-order valence-corrected chi connectivity index (χ2v) is 6.76. The minimum Gasteiger partial charge on any atom is -0.307 e. The summed E-state index contributed by atoms with van der Waals surface area (Å²) in [7, 11) is 0. The molecule has 1 aromatic carbocycles. The lowest BCUT2D eigenvalue weighted by molar-refractivity contribution is 0.517. The van der Waals surface area contributed by atoms with Gasteiger partial charge in [0, 0.05) is 5.75 Å². The molecule has 2 heterocycles. The Kier molecular flexibility index (Phi) is 3.36. The van der Waals surface area contributed by atoms with E-state index in [9.17, 15) is 0 Å². The minimum atomic E-state index is 0.433. The highest BCUT2D eigenvalue weighted by molar-refractivity contribution is 7.99. The van der Waals surface area contributed by atoms with Gasteiger partial charge >= 0.3 is 0 Å². The molecule has 2 atom stereocenters. The molecule has 0 radical (unpaired) electrons. The number of aromatic nitrogens is 1. The third kappa shape index (κ3) is 2.49. The van der Waals surface area contributed by atoms with Crippen LogP contribution in [0.3, 0.4) is 0 Å². The molecule has 0 spiro atoms. The molecule has 2 unspecified atom stereocenters. The third-order valence-corrected chi connectivity index (χ3v) is 5.53. The number of thioether (sulfide) groups is 1. The van der Waals surface area contributed by atoms with Crippen molar-refractivity contribution in [2.24, 2.45) is 5.92 Å². The van der Waals surface area contributed by atoms with Crippen molar-refractivity contribution in [2.45, 2.75) is 13.0 Å². The number of hydrogen-bond acceptors (Lipinski definition) is 4. The van der Waals surface area contributed by atoms with Gasteiger partial charge in [-0.2, -0.15) is 11.8 Å². The van der Waals surface area contributed by atoms with Gasteiger partial charge in [-0.15, -0.1) is 11.3 Å². The monoisotopic (exact) mass is 264 g/mol. The largest absolute Gasteiger partial charge is 0.307 e. The topological polar surface area (TPSA) is 24.9 Å². The van der Waals surface area contributed by atoms with Crippen LogP contribution in [0.4, 0.5) is 0 Å². The Labute approximate surface area is 110 Å². The van der Waals surface area contributed by atoms with Crippen molar-refractivity contribution in [1.82, 2.24) is 10.3 Å². The molecule has 1 saturated heterocycles. The molecular formula is C13H16N2S2. The van der Waals surface area contributed by atoms with Crippen LogP contribution in [0.25, 0.3) is 10.2 Å². The van der Waals surface area contributed by atoms with Crippen LogP contribution in [0.15, 0.2) is 24.3 Å². The van der Waals surface area contributed by atoms with Crippen LogP contribution < -0.4 is 5.32 Å². The van der Waals surface area contributed by atoms with Crippen LogP contribution in [0.2, 0.25) is 0 Å². The lowest BCUT2D eigenvalue weighted by atomic mass is 10.2. The molecule has 17 heavy (non-hydrogen) atoms. The zero-order valence-corrected chi connectivity index (χ0v) is 11.5. The van der Waals surface area contributed by atoms with Crippen LogP contribution in [-0.2, 0) is 0 Å². The highest BCUT2D eigenvalue weighted by atomic mass is 32.2. The molecule has 0 saturated carbocycles. The van der Waals surface area contributed by atoms with Gasteiger partial charge in [0.25, 0.3) is 0 Å². The number of benzene rings is 1. The van der Waals surface area contributed by atoms with E-state index in [-0.39, 0.29) is 0 Å². The first-order chi connectivity index (χ1) is 8.33. The summed E-state index contributed by atoms with van der Waals surface area (Å²) in [5.41, 5.74) is 1.14. The van der Waals surface area contributed by atoms with Crippen molar-refractivity contribution in [1.29, 1.82) is 0 Å². The van der Waals surface area contributed by atoms with Crippen molar-refractivity contribution in [3.8, 4) is 0 Å². The van der Waals surface area contributed by atoms with Crippen molar-refractivity contribution in [3.05, 3.63) is 29.3 Å². The number of nitrogens with zero attached hydrogens (tertiary/aromatic N) is 1.